The fourth-order valence-electron chi connectivity index (χ4n) is 4.16. The molecule has 2 bridgehead atoms. The maximum absolute atomic E-state index is 11.3. The second kappa shape index (κ2) is 8.16. The predicted molar refractivity (Wildman–Crippen MR) is 93.8 cm³/mol. The highest BCUT2D eigenvalue weighted by Crippen LogP contribution is 2.34. The summed E-state index contributed by atoms with van der Waals surface area (Å²) < 4.78 is 5.87. The number of piperidine rings is 1. The number of rotatable bonds is 6. The van der Waals surface area contributed by atoms with Crippen molar-refractivity contribution in [3.63, 3.8) is 0 Å². The molecule has 4 N–H and O–H groups in total. The topological polar surface area (TPSA) is 92.0 Å². The van der Waals surface area contributed by atoms with E-state index in [9.17, 15) is 4.79 Å². The van der Waals surface area contributed by atoms with Crippen molar-refractivity contribution in [1.29, 1.82) is 0 Å². The number of nitrogens with one attached hydrogen (secondary N) is 2. The summed E-state index contributed by atoms with van der Waals surface area (Å²) in [4.78, 5) is 18.0. The number of carbonyl (C=O) groups is 1. The maximum atomic E-state index is 11.3. The van der Waals surface area contributed by atoms with Gasteiger partial charge in [0.1, 0.15) is 0 Å². The van der Waals surface area contributed by atoms with E-state index < -0.39 is 0 Å². The van der Waals surface area contributed by atoms with Crippen molar-refractivity contribution in [2.75, 3.05) is 33.2 Å². The third kappa shape index (κ3) is 4.39. The number of carbonyl (C=O) groups excluding carboxylic acids is 1. The minimum absolute atomic E-state index is 0.0268. The highest BCUT2D eigenvalue weighted by atomic mass is 16.5. The number of nitrogens with zero attached hydrogens (tertiary/aromatic N) is 2. The number of ether oxygens (including phenoxy) is 1. The quantitative estimate of drug-likeness (QED) is 0.362. The summed E-state index contributed by atoms with van der Waals surface area (Å²) in [6.45, 7) is 3.74. The zero-order chi connectivity index (χ0) is 16.9. The molecule has 7 heteroatoms. The molecule has 0 radical (unpaired) electrons. The molecule has 4 atom stereocenters. The SMILES string of the molecule is CN=C(NCCCN1CCCC(C(N)=O)C1)NC1CC2CCC1O2. The van der Waals surface area contributed by atoms with Crippen LogP contribution in [0, 0.1) is 5.92 Å². The monoisotopic (exact) mass is 337 g/mol. The van der Waals surface area contributed by atoms with E-state index in [2.05, 4.69) is 20.5 Å². The zero-order valence-corrected chi connectivity index (χ0v) is 14.7. The Morgan fingerprint density at radius 2 is 2.25 bits per heavy atom. The number of likely N-dealkylation sites (tertiary alicyclic amines) is 1. The van der Waals surface area contributed by atoms with Gasteiger partial charge in [-0.25, -0.2) is 0 Å². The Kier molecular flexibility index (Phi) is 5.94. The smallest absolute Gasteiger partial charge is 0.221 e. The lowest BCUT2D eigenvalue weighted by atomic mass is 9.96. The van der Waals surface area contributed by atoms with Gasteiger partial charge in [0.05, 0.1) is 24.2 Å². The number of hydrogen-bond acceptors (Lipinski definition) is 4. The van der Waals surface area contributed by atoms with E-state index in [0.717, 1.165) is 64.2 Å². The molecule has 0 aromatic heterocycles. The summed E-state index contributed by atoms with van der Waals surface area (Å²) in [6.07, 6.45) is 7.29. The van der Waals surface area contributed by atoms with E-state index in [1.165, 1.54) is 6.42 Å². The van der Waals surface area contributed by atoms with E-state index in [4.69, 9.17) is 10.5 Å². The molecule has 7 nitrogen and oxygen atoms in total. The molecule has 24 heavy (non-hydrogen) atoms. The molecule has 0 aromatic carbocycles. The number of nitrogens with two attached hydrogens (primary N) is 1. The van der Waals surface area contributed by atoms with Gasteiger partial charge in [0.15, 0.2) is 5.96 Å². The summed E-state index contributed by atoms with van der Waals surface area (Å²) in [7, 11) is 1.81. The van der Waals surface area contributed by atoms with Crippen LogP contribution in [0.1, 0.15) is 38.5 Å². The molecule has 4 unspecified atom stereocenters. The summed E-state index contributed by atoms with van der Waals surface area (Å²) in [6, 6.07) is 0.397. The molecule has 136 valence electrons. The van der Waals surface area contributed by atoms with Gasteiger partial charge in [0.2, 0.25) is 5.91 Å². The summed E-state index contributed by atoms with van der Waals surface area (Å²) in [5.74, 6) is 0.735. The van der Waals surface area contributed by atoms with Crippen LogP contribution in [-0.4, -0.2) is 68.2 Å². The van der Waals surface area contributed by atoms with Crippen molar-refractivity contribution in [1.82, 2.24) is 15.5 Å². The number of aliphatic imine (C=N–C) groups is 1. The Hall–Kier alpha value is -1.34. The molecular formula is C17H31N5O2. The fraction of sp³-hybridized carbons (Fsp3) is 0.882. The van der Waals surface area contributed by atoms with E-state index >= 15 is 0 Å². The summed E-state index contributed by atoms with van der Waals surface area (Å²) in [5.41, 5.74) is 5.43. The molecule has 3 aliphatic heterocycles. The number of guanidine groups is 1. The number of amides is 1. The second-order valence-electron chi connectivity index (χ2n) is 7.26. The van der Waals surface area contributed by atoms with Gasteiger partial charge < -0.3 is 26.0 Å². The van der Waals surface area contributed by atoms with Crippen LogP contribution >= 0.6 is 0 Å². The van der Waals surface area contributed by atoms with E-state index in [-0.39, 0.29) is 11.8 Å². The molecule has 3 heterocycles. The summed E-state index contributed by atoms with van der Waals surface area (Å²) >= 11 is 0. The molecule has 3 fully saturated rings. The Labute approximate surface area is 144 Å². The first kappa shape index (κ1) is 17.5. The van der Waals surface area contributed by atoms with Gasteiger partial charge in [-0.3, -0.25) is 9.79 Å². The highest BCUT2D eigenvalue weighted by molar-refractivity contribution is 5.80. The van der Waals surface area contributed by atoms with Crippen molar-refractivity contribution >= 4 is 11.9 Å². The van der Waals surface area contributed by atoms with Crippen molar-refractivity contribution in [3.05, 3.63) is 0 Å². The number of primary amides is 1. The lowest BCUT2D eigenvalue weighted by Gasteiger charge is -2.31. The lowest BCUT2D eigenvalue weighted by Crippen LogP contribution is -2.48. The first-order chi connectivity index (χ1) is 11.7. The van der Waals surface area contributed by atoms with Crippen LogP contribution in [0.25, 0.3) is 0 Å². The summed E-state index contributed by atoms with van der Waals surface area (Å²) in [5, 5.41) is 6.89. The standard InChI is InChI=1S/C17H31N5O2/c1-19-17(21-14-10-13-5-6-15(14)24-13)20-7-3-9-22-8-2-4-12(11-22)16(18)23/h12-15H,2-11H2,1H3,(H2,18,23)(H2,19,20,21). The van der Waals surface area contributed by atoms with Gasteiger partial charge in [0, 0.05) is 20.1 Å². The van der Waals surface area contributed by atoms with Gasteiger partial charge in [-0.05, 0) is 51.6 Å². The van der Waals surface area contributed by atoms with Crippen LogP contribution in [0.5, 0.6) is 0 Å². The molecule has 0 saturated carbocycles. The van der Waals surface area contributed by atoms with Crippen LogP contribution in [0.15, 0.2) is 4.99 Å². The number of hydrogen-bond donors (Lipinski definition) is 3. The minimum atomic E-state index is -0.157. The first-order valence-electron chi connectivity index (χ1n) is 9.30. The van der Waals surface area contributed by atoms with E-state index in [1.54, 1.807) is 0 Å². The van der Waals surface area contributed by atoms with Gasteiger partial charge in [-0.1, -0.05) is 0 Å². The molecule has 1 amide bonds. The van der Waals surface area contributed by atoms with Crippen molar-refractivity contribution in [2.24, 2.45) is 16.6 Å². The predicted octanol–water partition coefficient (Wildman–Crippen LogP) is 0.0587. The second-order valence-corrected chi connectivity index (χ2v) is 7.26. The fourth-order valence-corrected chi connectivity index (χ4v) is 4.16. The average Bonchev–Trinajstić information content (AvgIpc) is 3.20. The Balaban J connectivity index is 1.32. The van der Waals surface area contributed by atoms with Gasteiger partial charge in [-0.15, -0.1) is 0 Å². The minimum Gasteiger partial charge on any atom is -0.373 e. The Morgan fingerprint density at radius 1 is 1.38 bits per heavy atom. The molecule has 3 rings (SSSR count). The van der Waals surface area contributed by atoms with Crippen molar-refractivity contribution < 1.29 is 9.53 Å². The van der Waals surface area contributed by atoms with Crippen molar-refractivity contribution in [3.8, 4) is 0 Å². The van der Waals surface area contributed by atoms with E-state index in [1.807, 2.05) is 7.05 Å². The zero-order valence-electron chi connectivity index (χ0n) is 14.7. The van der Waals surface area contributed by atoms with Crippen LogP contribution < -0.4 is 16.4 Å². The normalized spacial score (nSPS) is 33.6. The van der Waals surface area contributed by atoms with E-state index in [0.29, 0.717) is 18.2 Å². The molecule has 3 aliphatic rings. The Bertz CT molecular complexity index is 470. The van der Waals surface area contributed by atoms with Crippen LogP contribution in [0.2, 0.25) is 0 Å². The maximum Gasteiger partial charge on any atom is 0.221 e. The van der Waals surface area contributed by atoms with Gasteiger partial charge in [-0.2, -0.15) is 0 Å². The third-order valence-corrected chi connectivity index (χ3v) is 5.50. The molecule has 3 saturated heterocycles. The molecule has 0 aromatic rings. The molecule has 0 aliphatic carbocycles. The Morgan fingerprint density at radius 3 is 2.92 bits per heavy atom. The number of fused-ring (bicyclic) bond motifs is 2. The molecular weight excluding hydrogens is 306 g/mol. The van der Waals surface area contributed by atoms with Crippen LogP contribution in [0.3, 0.4) is 0 Å². The van der Waals surface area contributed by atoms with Gasteiger partial charge in [0.25, 0.3) is 0 Å². The van der Waals surface area contributed by atoms with Crippen LogP contribution in [-0.2, 0) is 9.53 Å². The first-order valence-corrected chi connectivity index (χ1v) is 9.30. The van der Waals surface area contributed by atoms with Crippen LogP contribution in [0.4, 0.5) is 0 Å². The average molecular weight is 337 g/mol. The van der Waals surface area contributed by atoms with Gasteiger partial charge >= 0.3 is 0 Å². The molecule has 0 spiro atoms. The van der Waals surface area contributed by atoms with Crippen molar-refractivity contribution in [2.45, 2.75) is 56.8 Å². The third-order valence-electron chi connectivity index (χ3n) is 5.50. The highest BCUT2D eigenvalue weighted by Gasteiger charge is 2.41. The lowest BCUT2D eigenvalue weighted by molar-refractivity contribution is -0.123. The largest absolute Gasteiger partial charge is 0.373 e.